The summed E-state index contributed by atoms with van der Waals surface area (Å²) in [5.74, 6) is 0. The summed E-state index contributed by atoms with van der Waals surface area (Å²) >= 11 is 0. The molecule has 0 radical (unpaired) electrons. The maximum Gasteiger partial charge on any atom is 0.247 e. The monoisotopic (exact) mass is 319 g/mol. The van der Waals surface area contributed by atoms with Crippen LogP contribution in [0, 0.1) is 6.92 Å². The molecule has 3 aromatic rings. The van der Waals surface area contributed by atoms with E-state index in [1.54, 1.807) is 6.21 Å². The van der Waals surface area contributed by atoms with Crippen molar-refractivity contribution in [1.82, 2.24) is 0 Å². The van der Waals surface area contributed by atoms with Gasteiger partial charge in [0.25, 0.3) is 0 Å². The van der Waals surface area contributed by atoms with Gasteiger partial charge in [0.2, 0.25) is 7.29 Å². The lowest BCUT2D eigenvalue weighted by Gasteiger charge is -2.14. The lowest BCUT2D eigenvalue weighted by Crippen LogP contribution is -2.14. The minimum Gasteiger partial charge on any atom is -0.288 e. The summed E-state index contributed by atoms with van der Waals surface area (Å²) in [5.41, 5.74) is 2.11. The Balaban J connectivity index is 2.08. The summed E-state index contributed by atoms with van der Waals surface area (Å²) in [7, 11) is -3.04. The highest BCUT2D eigenvalue weighted by Gasteiger charge is 2.25. The fraction of sp³-hybridized carbons (Fsp3) is 0.0500. The number of rotatable bonds is 4. The molecule has 0 heterocycles. The van der Waals surface area contributed by atoms with Crippen LogP contribution in [-0.4, -0.2) is 6.21 Å². The van der Waals surface area contributed by atoms with Crippen molar-refractivity contribution in [2.45, 2.75) is 6.92 Å². The molecular weight excluding hydrogens is 301 g/mol. The Bertz CT molecular complexity index is 814. The van der Waals surface area contributed by atoms with E-state index in [1.807, 2.05) is 91.9 Å². The van der Waals surface area contributed by atoms with E-state index in [1.165, 1.54) is 0 Å². The number of hydrogen-bond acceptors (Lipinski definition) is 1. The summed E-state index contributed by atoms with van der Waals surface area (Å²) in [4.78, 5) is 0. The first-order chi connectivity index (χ1) is 11.2. The Labute approximate surface area is 137 Å². The van der Waals surface area contributed by atoms with E-state index in [-0.39, 0.29) is 0 Å². The van der Waals surface area contributed by atoms with Gasteiger partial charge in [-0.05, 0) is 36.8 Å². The van der Waals surface area contributed by atoms with E-state index >= 15 is 0 Å². The molecule has 2 nitrogen and oxygen atoms in total. The van der Waals surface area contributed by atoms with E-state index in [4.69, 9.17) is 0 Å². The van der Waals surface area contributed by atoms with Crippen molar-refractivity contribution in [2.24, 2.45) is 4.76 Å². The van der Waals surface area contributed by atoms with Gasteiger partial charge in [0.15, 0.2) is 0 Å². The van der Waals surface area contributed by atoms with E-state index in [0.717, 1.165) is 21.7 Å². The lowest BCUT2D eigenvalue weighted by atomic mass is 10.2. The van der Waals surface area contributed by atoms with Crippen LogP contribution in [0.4, 0.5) is 0 Å². The summed E-state index contributed by atoms with van der Waals surface area (Å²) < 4.78 is 18.2. The van der Waals surface area contributed by atoms with Crippen LogP contribution < -0.4 is 10.6 Å². The van der Waals surface area contributed by atoms with Gasteiger partial charge < -0.3 is 0 Å². The zero-order chi connectivity index (χ0) is 16.1. The highest BCUT2D eigenvalue weighted by atomic mass is 31.2. The van der Waals surface area contributed by atoms with E-state index in [0.29, 0.717) is 0 Å². The minimum absolute atomic E-state index is 0.745. The predicted molar refractivity (Wildman–Crippen MR) is 98.5 cm³/mol. The van der Waals surface area contributed by atoms with Gasteiger partial charge in [-0.15, -0.1) is 0 Å². The van der Waals surface area contributed by atoms with Gasteiger partial charge in [0, 0.05) is 16.8 Å². The van der Waals surface area contributed by atoms with Crippen molar-refractivity contribution in [3.05, 3.63) is 96.1 Å². The van der Waals surface area contributed by atoms with Gasteiger partial charge in [0.05, 0.1) is 0 Å². The molecule has 23 heavy (non-hydrogen) atoms. The topological polar surface area (TPSA) is 29.4 Å². The number of aryl methyl sites for hydroxylation is 1. The second-order valence-electron chi connectivity index (χ2n) is 5.41. The average molecular weight is 319 g/mol. The van der Waals surface area contributed by atoms with Crippen LogP contribution >= 0.6 is 7.29 Å². The molecule has 3 aromatic carbocycles. The third kappa shape index (κ3) is 3.49. The molecule has 0 aliphatic rings. The second kappa shape index (κ2) is 6.76. The highest BCUT2D eigenvalue weighted by molar-refractivity contribution is 7.77. The molecule has 0 bridgehead atoms. The van der Waals surface area contributed by atoms with Crippen LogP contribution in [-0.2, 0) is 4.57 Å². The quantitative estimate of drug-likeness (QED) is 0.519. The third-order valence-electron chi connectivity index (χ3n) is 3.62. The van der Waals surface area contributed by atoms with Gasteiger partial charge in [-0.3, -0.25) is 4.57 Å². The molecule has 0 N–H and O–H groups in total. The smallest absolute Gasteiger partial charge is 0.247 e. The van der Waals surface area contributed by atoms with Crippen molar-refractivity contribution in [3.8, 4) is 0 Å². The van der Waals surface area contributed by atoms with E-state index < -0.39 is 7.29 Å². The Morgan fingerprint density at radius 1 is 0.783 bits per heavy atom. The van der Waals surface area contributed by atoms with Crippen molar-refractivity contribution in [3.63, 3.8) is 0 Å². The maximum absolute atomic E-state index is 13.7. The van der Waals surface area contributed by atoms with Crippen molar-refractivity contribution in [1.29, 1.82) is 0 Å². The van der Waals surface area contributed by atoms with E-state index in [9.17, 15) is 4.57 Å². The highest BCUT2D eigenvalue weighted by Crippen LogP contribution is 2.44. The molecule has 0 unspecified atom stereocenters. The molecule has 3 rings (SSSR count). The zero-order valence-corrected chi connectivity index (χ0v) is 13.9. The van der Waals surface area contributed by atoms with Gasteiger partial charge in [-0.1, -0.05) is 66.2 Å². The summed E-state index contributed by atoms with van der Waals surface area (Å²) in [6, 6.07) is 26.9. The Kier molecular flexibility index (Phi) is 4.55. The molecule has 3 heteroatoms. The van der Waals surface area contributed by atoms with Crippen LogP contribution in [0.1, 0.15) is 11.1 Å². The van der Waals surface area contributed by atoms with Crippen LogP contribution in [0.15, 0.2) is 89.7 Å². The zero-order valence-electron chi connectivity index (χ0n) is 13.0. The SMILES string of the molecule is Cc1cccc(/C=N/P(=O)(c2ccccc2)c2ccccc2)c1. The first-order valence-corrected chi connectivity index (χ1v) is 9.18. The molecule has 0 fully saturated rings. The van der Waals surface area contributed by atoms with Gasteiger partial charge in [-0.2, -0.15) is 0 Å². The normalized spacial score (nSPS) is 11.7. The molecule has 114 valence electrons. The molecular formula is C20H18NOP. The van der Waals surface area contributed by atoms with E-state index in [2.05, 4.69) is 4.76 Å². The van der Waals surface area contributed by atoms with Crippen molar-refractivity contribution < 1.29 is 4.57 Å². The first kappa shape index (κ1) is 15.5. The summed E-state index contributed by atoms with van der Waals surface area (Å²) in [5, 5.41) is 1.49. The predicted octanol–water partition coefficient (Wildman–Crippen LogP) is 4.34. The van der Waals surface area contributed by atoms with Gasteiger partial charge in [0.1, 0.15) is 0 Å². The van der Waals surface area contributed by atoms with Crippen LogP contribution in [0.3, 0.4) is 0 Å². The molecule has 0 amide bonds. The van der Waals surface area contributed by atoms with Crippen LogP contribution in [0.25, 0.3) is 0 Å². The average Bonchev–Trinajstić information content (AvgIpc) is 2.61. The Morgan fingerprint density at radius 3 is 1.87 bits per heavy atom. The third-order valence-corrected chi connectivity index (χ3v) is 6.06. The first-order valence-electron chi connectivity index (χ1n) is 7.52. The fourth-order valence-corrected chi connectivity index (χ4v) is 4.45. The Morgan fingerprint density at radius 2 is 1.35 bits per heavy atom. The van der Waals surface area contributed by atoms with Gasteiger partial charge >= 0.3 is 0 Å². The van der Waals surface area contributed by atoms with Crippen molar-refractivity contribution in [2.75, 3.05) is 0 Å². The second-order valence-corrected chi connectivity index (χ2v) is 7.82. The molecule has 0 aromatic heterocycles. The maximum atomic E-state index is 13.7. The molecule has 0 atom stereocenters. The van der Waals surface area contributed by atoms with Crippen molar-refractivity contribution >= 4 is 24.1 Å². The van der Waals surface area contributed by atoms with Crippen LogP contribution in [0.2, 0.25) is 0 Å². The molecule has 0 aliphatic heterocycles. The van der Waals surface area contributed by atoms with Gasteiger partial charge in [-0.25, -0.2) is 4.76 Å². The molecule has 0 aliphatic carbocycles. The number of hydrogen-bond donors (Lipinski definition) is 0. The summed E-state index contributed by atoms with van der Waals surface area (Å²) in [6.45, 7) is 2.03. The lowest BCUT2D eigenvalue weighted by molar-refractivity contribution is 0.588. The largest absolute Gasteiger partial charge is 0.288 e. The molecule has 0 saturated heterocycles. The minimum atomic E-state index is -3.04. The molecule has 0 spiro atoms. The summed E-state index contributed by atoms with van der Waals surface area (Å²) in [6.07, 6.45) is 1.72. The fourth-order valence-electron chi connectivity index (χ4n) is 2.44. The van der Waals surface area contributed by atoms with Crippen LogP contribution in [0.5, 0.6) is 0 Å². The number of nitrogens with zero attached hydrogens (tertiary/aromatic N) is 1. The number of benzene rings is 3. The Hall–Kier alpha value is -2.44. The molecule has 0 saturated carbocycles. The standard InChI is InChI=1S/C20H18NOP/c1-17-9-8-10-18(15-17)16-21-23(22,19-11-4-2-5-12-19)20-13-6-3-7-14-20/h2-16H,1H3/b21-16+.